The molecule has 0 bridgehead atoms. The Labute approximate surface area is 222 Å². The average Bonchev–Trinajstić information content (AvgIpc) is 2.95. The van der Waals surface area contributed by atoms with Gasteiger partial charge in [0.15, 0.2) is 0 Å². The molecular weight excluding hydrogens is 504 g/mol. The van der Waals surface area contributed by atoms with E-state index in [2.05, 4.69) is 15.6 Å². The molecule has 0 aliphatic heterocycles. The van der Waals surface area contributed by atoms with Gasteiger partial charge in [0.25, 0.3) is 5.91 Å². The van der Waals surface area contributed by atoms with Gasteiger partial charge in [-0.05, 0) is 47.2 Å². The molecule has 7 nitrogen and oxygen atoms in total. The third-order valence-electron chi connectivity index (χ3n) is 6.23. The first kappa shape index (κ1) is 25.7. The predicted molar refractivity (Wildman–Crippen MR) is 143 cm³/mol. The minimum Gasteiger partial charge on any atom is -0.486 e. The van der Waals surface area contributed by atoms with E-state index in [1.54, 1.807) is 30.3 Å². The van der Waals surface area contributed by atoms with E-state index in [9.17, 15) is 23.5 Å². The number of para-hydroxylation sites is 1. The number of carbonyl (C=O) groups is 2. The summed E-state index contributed by atoms with van der Waals surface area (Å²) in [5.74, 6) is -2.46. The van der Waals surface area contributed by atoms with Crippen molar-refractivity contribution in [1.82, 2.24) is 10.3 Å². The molecule has 0 saturated heterocycles. The van der Waals surface area contributed by atoms with Crippen molar-refractivity contribution < 1.29 is 28.2 Å². The molecule has 3 N–H and O–H groups in total. The molecule has 5 aromatic rings. The summed E-state index contributed by atoms with van der Waals surface area (Å²) in [6.07, 6.45) is 1.39. The van der Waals surface area contributed by atoms with Gasteiger partial charge in [-0.1, -0.05) is 48.5 Å². The molecule has 0 fully saturated rings. The van der Waals surface area contributed by atoms with Gasteiger partial charge in [0.05, 0.1) is 17.7 Å². The lowest BCUT2D eigenvalue weighted by Gasteiger charge is -2.17. The maximum atomic E-state index is 14.0. The number of halogens is 2. The number of hydrogen-bond donors (Lipinski definition) is 3. The molecule has 0 unspecified atom stereocenters. The number of rotatable bonds is 8. The van der Waals surface area contributed by atoms with Gasteiger partial charge < -0.3 is 20.5 Å². The lowest BCUT2D eigenvalue weighted by Crippen LogP contribution is -2.46. The second-order valence-electron chi connectivity index (χ2n) is 8.76. The zero-order valence-electron chi connectivity index (χ0n) is 20.5. The van der Waals surface area contributed by atoms with Gasteiger partial charge in [-0.3, -0.25) is 14.6 Å². The Morgan fingerprint density at radius 1 is 0.897 bits per heavy atom. The molecule has 0 spiro atoms. The standard InChI is InChI=1S/C30H23F2N3O4/c31-24-8-4-9-25(32)23(24)17-39-27-10-3-7-21-22(13-14-33-28(21)27)29(37)35-26(16-36)30(38)34-20-12-11-18-5-1-2-6-19(18)15-20/h1-15,26,36H,16-17H2,(H,34,38)(H,35,37)/t26-/m0/s1. The van der Waals surface area contributed by atoms with Gasteiger partial charge in [0, 0.05) is 17.3 Å². The fraction of sp³-hybridized carbons (Fsp3) is 0.100. The van der Waals surface area contributed by atoms with E-state index in [1.807, 2.05) is 30.3 Å². The maximum absolute atomic E-state index is 14.0. The molecule has 1 aromatic heterocycles. The van der Waals surface area contributed by atoms with Crippen molar-refractivity contribution in [2.75, 3.05) is 11.9 Å². The van der Waals surface area contributed by atoms with Crippen LogP contribution in [0.1, 0.15) is 15.9 Å². The second-order valence-corrected chi connectivity index (χ2v) is 8.76. The monoisotopic (exact) mass is 527 g/mol. The second kappa shape index (κ2) is 11.2. The van der Waals surface area contributed by atoms with Crippen LogP contribution in [0.2, 0.25) is 0 Å². The Balaban J connectivity index is 1.33. The van der Waals surface area contributed by atoms with E-state index in [-0.39, 0.29) is 23.5 Å². The van der Waals surface area contributed by atoms with Crippen LogP contribution in [-0.2, 0) is 11.4 Å². The molecule has 196 valence electrons. The third kappa shape index (κ3) is 5.53. The highest BCUT2D eigenvalue weighted by Gasteiger charge is 2.23. The number of amides is 2. The van der Waals surface area contributed by atoms with E-state index in [0.717, 1.165) is 22.9 Å². The normalized spacial score (nSPS) is 11.8. The Bertz CT molecular complexity index is 1670. The summed E-state index contributed by atoms with van der Waals surface area (Å²) >= 11 is 0. The number of nitrogens with one attached hydrogen (secondary N) is 2. The number of carbonyl (C=O) groups excluding carboxylic acids is 2. The van der Waals surface area contributed by atoms with Crippen LogP contribution in [0.4, 0.5) is 14.5 Å². The van der Waals surface area contributed by atoms with Crippen LogP contribution in [0.25, 0.3) is 21.7 Å². The van der Waals surface area contributed by atoms with Crippen molar-refractivity contribution in [2.45, 2.75) is 12.6 Å². The van der Waals surface area contributed by atoms with E-state index in [1.165, 1.54) is 18.3 Å². The van der Waals surface area contributed by atoms with Crippen LogP contribution in [0, 0.1) is 11.6 Å². The molecule has 5 rings (SSSR count). The van der Waals surface area contributed by atoms with E-state index < -0.39 is 36.1 Å². The molecule has 39 heavy (non-hydrogen) atoms. The smallest absolute Gasteiger partial charge is 0.252 e. The van der Waals surface area contributed by atoms with Crippen LogP contribution in [0.15, 0.2) is 91.1 Å². The Morgan fingerprint density at radius 3 is 2.41 bits per heavy atom. The molecule has 0 aliphatic rings. The first-order valence-corrected chi connectivity index (χ1v) is 12.1. The first-order chi connectivity index (χ1) is 18.9. The van der Waals surface area contributed by atoms with E-state index >= 15 is 0 Å². The number of fused-ring (bicyclic) bond motifs is 2. The van der Waals surface area contributed by atoms with Gasteiger partial charge in [-0.2, -0.15) is 0 Å². The summed E-state index contributed by atoms with van der Waals surface area (Å²) in [5, 5.41) is 17.5. The number of ether oxygens (including phenoxy) is 1. The number of hydrogen-bond acceptors (Lipinski definition) is 5. The third-order valence-corrected chi connectivity index (χ3v) is 6.23. The van der Waals surface area contributed by atoms with Gasteiger partial charge in [-0.25, -0.2) is 8.78 Å². The molecule has 0 radical (unpaired) electrons. The fourth-order valence-corrected chi connectivity index (χ4v) is 4.21. The lowest BCUT2D eigenvalue weighted by atomic mass is 10.1. The first-order valence-electron chi connectivity index (χ1n) is 12.1. The Kier molecular flexibility index (Phi) is 7.42. The van der Waals surface area contributed by atoms with Crippen LogP contribution in [-0.4, -0.2) is 34.6 Å². The summed E-state index contributed by atoms with van der Waals surface area (Å²) in [7, 11) is 0. The number of benzene rings is 4. The summed E-state index contributed by atoms with van der Waals surface area (Å²) < 4.78 is 33.7. The lowest BCUT2D eigenvalue weighted by molar-refractivity contribution is -0.118. The molecule has 2 amide bonds. The predicted octanol–water partition coefficient (Wildman–Crippen LogP) is 4.97. The topological polar surface area (TPSA) is 101 Å². The van der Waals surface area contributed by atoms with Gasteiger partial charge in [0.2, 0.25) is 5.91 Å². The molecule has 1 heterocycles. The zero-order chi connectivity index (χ0) is 27.4. The van der Waals surface area contributed by atoms with Gasteiger partial charge in [0.1, 0.15) is 35.5 Å². The van der Waals surface area contributed by atoms with Crippen LogP contribution in [0.3, 0.4) is 0 Å². The summed E-state index contributed by atoms with van der Waals surface area (Å²) in [6, 6.07) is 21.7. The van der Waals surface area contributed by atoms with E-state index in [4.69, 9.17) is 4.74 Å². The molecule has 4 aromatic carbocycles. The van der Waals surface area contributed by atoms with Crippen molar-refractivity contribution in [2.24, 2.45) is 0 Å². The van der Waals surface area contributed by atoms with Crippen LogP contribution in [0.5, 0.6) is 5.75 Å². The van der Waals surface area contributed by atoms with Crippen molar-refractivity contribution in [3.05, 3.63) is 114 Å². The summed E-state index contributed by atoms with van der Waals surface area (Å²) in [6.45, 7) is -1.01. The zero-order valence-corrected chi connectivity index (χ0v) is 20.5. The Hall–Kier alpha value is -4.89. The van der Waals surface area contributed by atoms with Crippen LogP contribution < -0.4 is 15.4 Å². The van der Waals surface area contributed by atoms with Crippen molar-refractivity contribution >= 4 is 39.2 Å². The average molecular weight is 528 g/mol. The molecule has 0 aliphatic carbocycles. The van der Waals surface area contributed by atoms with Gasteiger partial charge in [-0.15, -0.1) is 0 Å². The molecule has 9 heteroatoms. The highest BCUT2D eigenvalue weighted by Crippen LogP contribution is 2.27. The maximum Gasteiger partial charge on any atom is 0.252 e. The minimum absolute atomic E-state index is 0.180. The van der Waals surface area contributed by atoms with Crippen molar-refractivity contribution in [3.63, 3.8) is 0 Å². The van der Waals surface area contributed by atoms with Crippen LogP contribution >= 0.6 is 0 Å². The molecular formula is C30H23F2N3O4. The number of aliphatic hydroxyl groups excluding tert-OH is 1. The SMILES string of the molecule is O=C(N[C@@H](CO)C(=O)Nc1ccc2ccccc2c1)c1ccnc2c(OCc3c(F)cccc3F)cccc12. The quantitative estimate of drug-likeness (QED) is 0.265. The Morgan fingerprint density at radius 2 is 1.64 bits per heavy atom. The van der Waals surface area contributed by atoms with E-state index in [0.29, 0.717) is 16.6 Å². The van der Waals surface area contributed by atoms with Gasteiger partial charge >= 0.3 is 0 Å². The fourth-order valence-electron chi connectivity index (χ4n) is 4.21. The highest BCUT2D eigenvalue weighted by molar-refractivity contribution is 6.09. The largest absolute Gasteiger partial charge is 0.486 e. The number of nitrogens with zero attached hydrogens (tertiary/aromatic N) is 1. The summed E-state index contributed by atoms with van der Waals surface area (Å²) in [4.78, 5) is 30.3. The van der Waals surface area contributed by atoms with Crippen molar-refractivity contribution in [3.8, 4) is 5.75 Å². The molecule has 1 atom stereocenters. The summed E-state index contributed by atoms with van der Waals surface area (Å²) in [5.41, 5.74) is 0.767. The number of pyridine rings is 1. The number of aliphatic hydroxyl groups is 1. The number of anilines is 1. The van der Waals surface area contributed by atoms with Crippen molar-refractivity contribution in [1.29, 1.82) is 0 Å². The minimum atomic E-state index is -1.23. The molecule has 0 saturated carbocycles. The number of aromatic nitrogens is 1. The highest BCUT2D eigenvalue weighted by atomic mass is 19.1.